The molecule has 1 aliphatic heterocycles. The van der Waals surface area contributed by atoms with Crippen LogP contribution in [0.4, 0.5) is 4.79 Å². The van der Waals surface area contributed by atoms with Crippen molar-refractivity contribution in [1.29, 1.82) is 0 Å². The molecule has 1 N–H and O–H groups in total. The van der Waals surface area contributed by atoms with Gasteiger partial charge < -0.3 is 10.1 Å². The van der Waals surface area contributed by atoms with Crippen molar-refractivity contribution in [3.05, 3.63) is 30.1 Å². The van der Waals surface area contributed by atoms with Crippen molar-refractivity contribution in [2.45, 2.75) is 6.10 Å². The van der Waals surface area contributed by atoms with E-state index in [-0.39, 0.29) is 12.2 Å². The number of amides is 1. The molecule has 12 heavy (non-hydrogen) atoms. The van der Waals surface area contributed by atoms with Crippen molar-refractivity contribution in [3.8, 4) is 0 Å². The normalized spacial score (nSPS) is 21.7. The summed E-state index contributed by atoms with van der Waals surface area (Å²) < 4.78 is 4.93. The number of cyclic esters (lactones) is 1. The van der Waals surface area contributed by atoms with Crippen LogP contribution < -0.4 is 5.32 Å². The molecule has 0 bridgehead atoms. The van der Waals surface area contributed by atoms with E-state index in [2.05, 4.69) is 10.3 Å². The van der Waals surface area contributed by atoms with Gasteiger partial charge in [-0.05, 0) is 12.1 Å². The Morgan fingerprint density at radius 3 is 3.08 bits per heavy atom. The van der Waals surface area contributed by atoms with E-state index in [1.165, 1.54) is 0 Å². The third-order valence-electron chi connectivity index (χ3n) is 1.70. The van der Waals surface area contributed by atoms with Crippen molar-refractivity contribution < 1.29 is 9.53 Å². The summed E-state index contributed by atoms with van der Waals surface area (Å²) in [5.74, 6) is 0. The highest BCUT2D eigenvalue weighted by atomic mass is 16.6. The second kappa shape index (κ2) is 2.81. The molecule has 0 spiro atoms. The molecule has 1 aromatic rings. The molecule has 0 aliphatic carbocycles. The standard InChI is InChI=1S/C8H8N2O2/c11-8-10-5-7(12-8)6-3-1-2-4-9-6/h1-4,7H,5H2,(H,10,11). The van der Waals surface area contributed by atoms with E-state index in [4.69, 9.17) is 4.74 Å². The molecular formula is C8H8N2O2. The van der Waals surface area contributed by atoms with Gasteiger partial charge in [-0.2, -0.15) is 0 Å². The number of aromatic nitrogens is 1. The van der Waals surface area contributed by atoms with Gasteiger partial charge in [0.2, 0.25) is 0 Å². The maximum Gasteiger partial charge on any atom is 0.408 e. The summed E-state index contributed by atoms with van der Waals surface area (Å²) in [6.45, 7) is 0.510. The number of hydrogen-bond donors (Lipinski definition) is 1. The first kappa shape index (κ1) is 7.09. The Bertz CT molecular complexity index is 286. The van der Waals surface area contributed by atoms with Gasteiger partial charge >= 0.3 is 6.09 Å². The number of ether oxygens (including phenoxy) is 1. The first-order chi connectivity index (χ1) is 5.86. The van der Waals surface area contributed by atoms with Gasteiger partial charge in [-0.15, -0.1) is 0 Å². The van der Waals surface area contributed by atoms with Crippen LogP contribution >= 0.6 is 0 Å². The van der Waals surface area contributed by atoms with Gasteiger partial charge in [-0.25, -0.2) is 4.79 Å². The first-order valence-corrected chi connectivity index (χ1v) is 3.71. The van der Waals surface area contributed by atoms with Crippen LogP contribution in [0.15, 0.2) is 24.4 Å². The number of alkyl carbamates (subject to hydrolysis) is 1. The zero-order valence-corrected chi connectivity index (χ0v) is 6.36. The summed E-state index contributed by atoms with van der Waals surface area (Å²) in [4.78, 5) is 14.7. The van der Waals surface area contributed by atoms with Gasteiger partial charge in [0.25, 0.3) is 0 Å². The van der Waals surface area contributed by atoms with Gasteiger partial charge in [-0.1, -0.05) is 6.07 Å². The molecule has 4 heteroatoms. The van der Waals surface area contributed by atoms with Crippen molar-refractivity contribution in [2.24, 2.45) is 0 Å². The predicted molar refractivity (Wildman–Crippen MR) is 41.5 cm³/mol. The lowest BCUT2D eigenvalue weighted by Crippen LogP contribution is -2.12. The zero-order chi connectivity index (χ0) is 8.39. The SMILES string of the molecule is O=C1NCC(c2ccccn2)O1. The average molecular weight is 164 g/mol. The minimum Gasteiger partial charge on any atom is -0.438 e. The molecule has 1 aromatic heterocycles. The van der Waals surface area contributed by atoms with Gasteiger partial charge in [-0.3, -0.25) is 4.98 Å². The fourth-order valence-electron chi connectivity index (χ4n) is 1.12. The third-order valence-corrected chi connectivity index (χ3v) is 1.70. The fourth-order valence-corrected chi connectivity index (χ4v) is 1.12. The molecule has 1 atom stereocenters. The monoisotopic (exact) mass is 164 g/mol. The molecule has 2 rings (SSSR count). The Hall–Kier alpha value is -1.58. The predicted octanol–water partition coefficient (Wildman–Crippen LogP) is 0.863. The molecule has 1 fully saturated rings. The highest BCUT2D eigenvalue weighted by Gasteiger charge is 2.24. The number of rotatable bonds is 1. The largest absolute Gasteiger partial charge is 0.438 e. The fraction of sp³-hybridized carbons (Fsp3) is 0.250. The summed E-state index contributed by atoms with van der Waals surface area (Å²) >= 11 is 0. The highest BCUT2D eigenvalue weighted by Crippen LogP contribution is 2.17. The van der Waals surface area contributed by atoms with Crippen LogP contribution in [0.1, 0.15) is 11.8 Å². The van der Waals surface area contributed by atoms with E-state index < -0.39 is 0 Å². The second-order valence-electron chi connectivity index (χ2n) is 2.53. The van der Waals surface area contributed by atoms with Crippen LogP contribution in [-0.4, -0.2) is 17.6 Å². The number of carbonyl (C=O) groups is 1. The maximum atomic E-state index is 10.7. The first-order valence-electron chi connectivity index (χ1n) is 3.71. The Morgan fingerprint density at radius 2 is 2.50 bits per heavy atom. The molecule has 1 saturated heterocycles. The molecule has 0 radical (unpaired) electrons. The van der Waals surface area contributed by atoms with E-state index in [9.17, 15) is 4.79 Å². The number of nitrogens with one attached hydrogen (secondary N) is 1. The van der Waals surface area contributed by atoms with E-state index >= 15 is 0 Å². The number of nitrogens with zero attached hydrogens (tertiary/aromatic N) is 1. The number of carbonyl (C=O) groups excluding carboxylic acids is 1. The van der Waals surface area contributed by atoms with Gasteiger partial charge in [0, 0.05) is 6.20 Å². The van der Waals surface area contributed by atoms with E-state index in [1.54, 1.807) is 6.20 Å². The molecule has 1 unspecified atom stereocenters. The van der Waals surface area contributed by atoms with E-state index in [1.807, 2.05) is 18.2 Å². The minimum atomic E-state index is -0.370. The number of pyridine rings is 1. The van der Waals surface area contributed by atoms with Gasteiger partial charge in [0.1, 0.15) is 0 Å². The summed E-state index contributed by atoms with van der Waals surface area (Å²) in [5, 5.41) is 2.57. The summed E-state index contributed by atoms with van der Waals surface area (Å²) in [6.07, 6.45) is 1.09. The van der Waals surface area contributed by atoms with Crippen LogP contribution in [0.2, 0.25) is 0 Å². The van der Waals surface area contributed by atoms with Crippen LogP contribution in [0.3, 0.4) is 0 Å². The molecular weight excluding hydrogens is 156 g/mol. The van der Waals surface area contributed by atoms with Crippen LogP contribution in [0.25, 0.3) is 0 Å². The van der Waals surface area contributed by atoms with Gasteiger partial charge in [0.15, 0.2) is 6.10 Å². The van der Waals surface area contributed by atoms with Crippen LogP contribution in [0.5, 0.6) is 0 Å². The molecule has 1 aliphatic rings. The maximum absolute atomic E-state index is 10.7. The molecule has 0 aromatic carbocycles. The summed E-state index contributed by atoms with van der Waals surface area (Å²) in [5.41, 5.74) is 0.788. The Balaban J connectivity index is 2.16. The van der Waals surface area contributed by atoms with Gasteiger partial charge in [0.05, 0.1) is 12.2 Å². The zero-order valence-electron chi connectivity index (χ0n) is 6.36. The molecule has 62 valence electrons. The van der Waals surface area contributed by atoms with Crippen molar-refractivity contribution in [2.75, 3.05) is 6.54 Å². The lowest BCUT2D eigenvalue weighted by atomic mass is 10.2. The average Bonchev–Trinajstić information content (AvgIpc) is 2.54. The van der Waals surface area contributed by atoms with Crippen molar-refractivity contribution in [3.63, 3.8) is 0 Å². The van der Waals surface area contributed by atoms with Crippen LogP contribution in [-0.2, 0) is 4.74 Å². The highest BCUT2D eigenvalue weighted by molar-refractivity contribution is 5.69. The Morgan fingerprint density at radius 1 is 1.58 bits per heavy atom. The van der Waals surface area contributed by atoms with Crippen molar-refractivity contribution >= 4 is 6.09 Å². The molecule has 2 heterocycles. The number of hydrogen-bond acceptors (Lipinski definition) is 3. The molecule has 4 nitrogen and oxygen atoms in total. The topological polar surface area (TPSA) is 51.2 Å². The Kier molecular flexibility index (Phi) is 1.66. The second-order valence-corrected chi connectivity index (χ2v) is 2.53. The molecule has 1 amide bonds. The summed E-state index contributed by atoms with van der Waals surface area (Å²) in [7, 11) is 0. The lowest BCUT2D eigenvalue weighted by molar-refractivity contribution is 0.139. The third kappa shape index (κ3) is 1.23. The minimum absolute atomic E-state index is 0.223. The summed E-state index contributed by atoms with van der Waals surface area (Å²) in [6, 6.07) is 5.53. The van der Waals surface area contributed by atoms with E-state index in [0.29, 0.717) is 6.54 Å². The lowest BCUT2D eigenvalue weighted by Gasteiger charge is -2.04. The van der Waals surface area contributed by atoms with Crippen molar-refractivity contribution in [1.82, 2.24) is 10.3 Å². The Labute approximate surface area is 69.6 Å². The van der Waals surface area contributed by atoms with E-state index in [0.717, 1.165) is 5.69 Å². The smallest absolute Gasteiger partial charge is 0.408 e. The quantitative estimate of drug-likeness (QED) is 0.669. The van der Waals surface area contributed by atoms with Crippen LogP contribution in [0, 0.1) is 0 Å². The molecule has 0 saturated carbocycles.